The van der Waals surface area contributed by atoms with Crippen LogP contribution in [0.3, 0.4) is 0 Å². The lowest BCUT2D eigenvalue weighted by Crippen LogP contribution is -2.64. The molecule has 60 heavy (non-hydrogen) atoms. The van der Waals surface area contributed by atoms with E-state index < -0.39 is 45.2 Å². The Hall–Kier alpha value is -6.98. The van der Waals surface area contributed by atoms with E-state index in [1.54, 1.807) is 77.6 Å². The van der Waals surface area contributed by atoms with Gasteiger partial charge in [0.15, 0.2) is 0 Å². The van der Waals surface area contributed by atoms with Crippen LogP contribution in [0, 0.1) is 11.3 Å². The Morgan fingerprint density at radius 1 is 0.983 bits per heavy atom. The standard InChI is InChI=1S/C40H38N12O7S/c1-2-60(58,59)50-22-40(23-50,12-13-41)51-21-25(20-43-51)33-29-11-14-42-34(29)47-39(46-33)44-26-5-3-24(4-6-26)36(55)49-17-15-48(16-18-49)27-7-8-28-30(19-27)38(57)52(37(28)56)31-9-10-32(53)45-35(31)54/h3-8,11,14,19-21,31H,2,9-10,12,15-18,22-23H2,1H3,(H,45,53,54)(H2,42,44,46,47). The average molecular weight is 831 g/mol. The summed E-state index contributed by atoms with van der Waals surface area (Å²) >= 11 is 0. The minimum atomic E-state index is -3.40. The molecule has 306 valence electrons. The number of amides is 5. The number of nitriles is 1. The van der Waals surface area contributed by atoms with Crippen LogP contribution in [0.2, 0.25) is 0 Å². The number of nitrogens with zero attached hydrogens (tertiary/aromatic N) is 9. The zero-order chi connectivity index (χ0) is 41.9. The predicted octanol–water partition coefficient (Wildman–Crippen LogP) is 2.20. The van der Waals surface area contributed by atoms with Gasteiger partial charge in [0.25, 0.3) is 17.7 Å². The SMILES string of the molecule is CCS(=O)(=O)N1CC(CC#N)(n2cc(-c3nc(Nc4ccc(C(=O)N5CCN(c6ccc7c(c6)C(=O)N(C6CCC(=O)NC6=O)C7=O)CC5)cc4)nc4[nH]ccc34)cn2)C1. The molecule has 3 fully saturated rings. The highest BCUT2D eigenvalue weighted by Crippen LogP contribution is 2.37. The Balaban J connectivity index is 0.845. The fourth-order valence-electron chi connectivity index (χ4n) is 8.23. The number of sulfonamides is 1. The first-order valence-corrected chi connectivity index (χ1v) is 21.0. The van der Waals surface area contributed by atoms with Crippen molar-refractivity contribution in [2.75, 3.05) is 55.2 Å². The van der Waals surface area contributed by atoms with Crippen LogP contribution >= 0.6 is 0 Å². The Morgan fingerprint density at radius 2 is 1.73 bits per heavy atom. The van der Waals surface area contributed by atoms with E-state index in [9.17, 15) is 37.7 Å². The number of piperazine rings is 1. The maximum Gasteiger partial charge on any atom is 0.262 e. The monoisotopic (exact) mass is 830 g/mol. The Labute approximate surface area is 343 Å². The van der Waals surface area contributed by atoms with Crippen molar-refractivity contribution in [1.82, 2.24) is 44.2 Å². The smallest absolute Gasteiger partial charge is 0.262 e. The topological polar surface area (TPSA) is 240 Å². The molecule has 0 spiro atoms. The molecule has 5 amide bonds. The number of fused-ring (bicyclic) bond motifs is 2. The van der Waals surface area contributed by atoms with E-state index in [2.05, 4.69) is 31.8 Å². The Morgan fingerprint density at radius 3 is 2.45 bits per heavy atom. The summed E-state index contributed by atoms with van der Waals surface area (Å²) in [5, 5.41) is 20.3. The number of aromatic nitrogens is 5. The normalized spacial score (nSPS) is 19.3. The number of carbonyl (C=O) groups excluding carboxylic acids is 5. The lowest BCUT2D eigenvalue weighted by Gasteiger charge is -2.47. The van der Waals surface area contributed by atoms with E-state index in [4.69, 9.17) is 4.98 Å². The molecule has 3 saturated heterocycles. The maximum atomic E-state index is 13.6. The van der Waals surface area contributed by atoms with E-state index in [1.807, 2.05) is 11.0 Å². The van der Waals surface area contributed by atoms with Crippen molar-refractivity contribution in [3.63, 3.8) is 0 Å². The van der Waals surface area contributed by atoms with Gasteiger partial charge in [0.2, 0.25) is 27.8 Å². The van der Waals surface area contributed by atoms with Crippen LogP contribution in [-0.2, 0) is 25.2 Å². The quantitative estimate of drug-likeness (QED) is 0.171. The average Bonchev–Trinajstić information content (AvgIpc) is 3.98. The second kappa shape index (κ2) is 14.7. The van der Waals surface area contributed by atoms with Crippen LogP contribution in [0.5, 0.6) is 0 Å². The van der Waals surface area contributed by atoms with Gasteiger partial charge in [0.05, 0.1) is 41.3 Å². The van der Waals surface area contributed by atoms with Gasteiger partial charge in [-0.2, -0.15) is 19.6 Å². The summed E-state index contributed by atoms with van der Waals surface area (Å²) in [6.45, 7) is 3.71. The van der Waals surface area contributed by atoms with E-state index in [-0.39, 0.29) is 55.1 Å². The number of hydrogen-bond acceptors (Lipinski definition) is 13. The van der Waals surface area contributed by atoms with Crippen LogP contribution in [0.4, 0.5) is 17.3 Å². The van der Waals surface area contributed by atoms with Gasteiger partial charge in [-0.1, -0.05) is 0 Å². The fourth-order valence-corrected chi connectivity index (χ4v) is 9.47. The number of piperidine rings is 1. The number of H-pyrrole nitrogens is 1. The van der Waals surface area contributed by atoms with Gasteiger partial charge in [-0.05, 0) is 61.9 Å². The third-order valence-electron chi connectivity index (χ3n) is 11.6. The van der Waals surface area contributed by atoms with Gasteiger partial charge >= 0.3 is 0 Å². The van der Waals surface area contributed by atoms with Crippen LogP contribution in [0.15, 0.2) is 67.1 Å². The molecule has 4 aliphatic rings. The number of anilines is 3. The number of benzene rings is 2. The van der Waals surface area contributed by atoms with E-state index in [0.29, 0.717) is 60.3 Å². The molecular formula is C40H38N12O7S. The van der Waals surface area contributed by atoms with Crippen LogP contribution in [0.25, 0.3) is 22.3 Å². The number of aromatic amines is 1. The van der Waals surface area contributed by atoms with Crippen molar-refractivity contribution in [3.05, 3.63) is 83.8 Å². The summed E-state index contributed by atoms with van der Waals surface area (Å²) in [6, 6.07) is 15.0. The van der Waals surface area contributed by atoms with Crippen molar-refractivity contribution in [1.29, 1.82) is 5.26 Å². The zero-order valence-corrected chi connectivity index (χ0v) is 33.1. The first kappa shape index (κ1) is 38.5. The van der Waals surface area contributed by atoms with Crippen molar-refractivity contribution in [3.8, 4) is 17.3 Å². The largest absolute Gasteiger partial charge is 0.368 e. The summed E-state index contributed by atoms with van der Waals surface area (Å²) in [7, 11) is -3.40. The number of nitrogens with one attached hydrogen (secondary N) is 3. The highest BCUT2D eigenvalue weighted by atomic mass is 32.2. The van der Waals surface area contributed by atoms with Gasteiger partial charge in [0.1, 0.15) is 17.2 Å². The lowest BCUT2D eigenvalue weighted by atomic mass is 9.89. The molecule has 0 aliphatic carbocycles. The number of hydrogen-bond donors (Lipinski definition) is 3. The molecule has 19 nitrogen and oxygen atoms in total. The summed E-state index contributed by atoms with van der Waals surface area (Å²) in [5.74, 6) is -2.10. The van der Waals surface area contributed by atoms with Gasteiger partial charge < -0.3 is 20.1 Å². The maximum absolute atomic E-state index is 13.6. The Kier molecular flexibility index (Phi) is 9.43. The fraction of sp³-hybridized carbons (Fsp3) is 0.325. The molecule has 4 aliphatic heterocycles. The second-order valence-electron chi connectivity index (χ2n) is 15.2. The van der Waals surface area contributed by atoms with Crippen molar-refractivity contribution >= 4 is 67.9 Å². The molecule has 1 atom stereocenters. The van der Waals surface area contributed by atoms with Crippen LogP contribution in [-0.4, -0.2) is 128 Å². The van der Waals surface area contributed by atoms with Gasteiger partial charge in [-0.3, -0.25) is 38.9 Å². The minimum absolute atomic E-state index is 0.0218. The molecule has 0 saturated carbocycles. The molecule has 9 rings (SSSR count). The first-order valence-electron chi connectivity index (χ1n) is 19.4. The third-order valence-corrected chi connectivity index (χ3v) is 13.4. The zero-order valence-electron chi connectivity index (χ0n) is 32.3. The summed E-state index contributed by atoms with van der Waals surface area (Å²) in [5.41, 5.74) is 3.30. The molecule has 2 aromatic carbocycles. The Bertz CT molecular complexity index is 2760. The predicted molar refractivity (Wildman–Crippen MR) is 215 cm³/mol. The molecule has 20 heteroatoms. The summed E-state index contributed by atoms with van der Waals surface area (Å²) in [4.78, 5) is 81.4. The van der Waals surface area contributed by atoms with Gasteiger partial charge in [-0.25, -0.2) is 13.4 Å². The second-order valence-corrected chi connectivity index (χ2v) is 17.5. The molecule has 3 aromatic heterocycles. The highest BCUT2D eigenvalue weighted by Gasteiger charge is 2.50. The van der Waals surface area contributed by atoms with E-state index >= 15 is 0 Å². The summed E-state index contributed by atoms with van der Waals surface area (Å²) in [6.07, 6.45) is 5.39. The highest BCUT2D eigenvalue weighted by molar-refractivity contribution is 7.89. The van der Waals surface area contributed by atoms with Crippen molar-refractivity contribution < 1.29 is 32.4 Å². The number of imide groups is 2. The number of carbonyl (C=O) groups is 5. The van der Waals surface area contributed by atoms with Crippen molar-refractivity contribution in [2.45, 2.75) is 37.8 Å². The molecule has 0 bridgehead atoms. The summed E-state index contributed by atoms with van der Waals surface area (Å²) < 4.78 is 27.9. The molecule has 7 heterocycles. The molecular weight excluding hydrogens is 793 g/mol. The number of rotatable bonds is 10. The van der Waals surface area contributed by atoms with Crippen molar-refractivity contribution in [2.24, 2.45) is 0 Å². The van der Waals surface area contributed by atoms with Crippen LogP contribution in [0.1, 0.15) is 57.3 Å². The molecule has 3 N–H and O–H groups in total. The molecule has 1 unspecified atom stereocenters. The molecule has 5 aromatic rings. The van der Waals surface area contributed by atoms with Gasteiger partial charge in [0, 0.05) is 86.0 Å². The lowest BCUT2D eigenvalue weighted by molar-refractivity contribution is -0.136. The molecule has 0 radical (unpaired) electrons. The minimum Gasteiger partial charge on any atom is -0.368 e. The van der Waals surface area contributed by atoms with Crippen LogP contribution < -0.4 is 15.5 Å². The third kappa shape index (κ3) is 6.61. The van der Waals surface area contributed by atoms with Gasteiger partial charge in [-0.15, -0.1) is 0 Å². The van der Waals surface area contributed by atoms with E-state index in [1.165, 1.54) is 4.31 Å². The van der Waals surface area contributed by atoms with E-state index in [0.717, 1.165) is 16.0 Å². The first-order chi connectivity index (χ1) is 28.9.